The van der Waals surface area contributed by atoms with Crippen LogP contribution in [0.3, 0.4) is 0 Å². The first-order valence-corrected chi connectivity index (χ1v) is 7.51. The number of hydrogen-bond acceptors (Lipinski definition) is 3. The first-order valence-electron chi connectivity index (χ1n) is 6.32. The minimum Gasteiger partial charge on any atom is -0.481 e. The number of thiophene rings is 1. The normalized spacial score (nSPS) is 12.0. The Kier molecular flexibility index (Phi) is 6.29. The van der Waals surface area contributed by atoms with Crippen LogP contribution in [-0.4, -0.2) is 47.0 Å². The van der Waals surface area contributed by atoms with Crippen molar-refractivity contribution < 1.29 is 14.7 Å². The van der Waals surface area contributed by atoms with Gasteiger partial charge in [0.15, 0.2) is 0 Å². The van der Waals surface area contributed by atoms with Crippen LogP contribution >= 0.6 is 22.9 Å². The number of carboxylic acid groups (broad SMARTS) is 1. The SMILES string of the molecule is CCN(CC(C)C(=O)O)C(=O)N(C)Cc1ccc(Cl)s1. The highest BCUT2D eigenvalue weighted by molar-refractivity contribution is 7.16. The summed E-state index contributed by atoms with van der Waals surface area (Å²) in [6, 6.07) is 3.50. The number of carbonyl (C=O) groups is 2. The number of amides is 2. The van der Waals surface area contributed by atoms with Gasteiger partial charge in [0, 0.05) is 25.0 Å². The summed E-state index contributed by atoms with van der Waals surface area (Å²) < 4.78 is 0.688. The summed E-state index contributed by atoms with van der Waals surface area (Å²) in [5.41, 5.74) is 0. The summed E-state index contributed by atoms with van der Waals surface area (Å²) in [5.74, 6) is -1.48. The maximum absolute atomic E-state index is 12.3. The van der Waals surface area contributed by atoms with Gasteiger partial charge in [0.2, 0.25) is 0 Å². The van der Waals surface area contributed by atoms with E-state index in [4.69, 9.17) is 16.7 Å². The second-order valence-corrected chi connectivity index (χ2v) is 6.42. The highest BCUT2D eigenvalue weighted by Crippen LogP contribution is 2.22. The van der Waals surface area contributed by atoms with Gasteiger partial charge in [-0.25, -0.2) is 4.79 Å². The summed E-state index contributed by atoms with van der Waals surface area (Å²) >= 11 is 7.29. The first kappa shape index (κ1) is 16.8. The van der Waals surface area contributed by atoms with Gasteiger partial charge in [-0.2, -0.15) is 0 Å². The quantitative estimate of drug-likeness (QED) is 0.877. The standard InChI is InChI=1S/C13H19ClN2O3S/c1-4-16(7-9(2)12(17)18)13(19)15(3)8-10-5-6-11(14)20-10/h5-6,9H,4,7-8H2,1-3H3,(H,17,18). The van der Waals surface area contributed by atoms with Gasteiger partial charge in [-0.3, -0.25) is 4.79 Å². The van der Waals surface area contributed by atoms with Crippen LogP contribution in [0.2, 0.25) is 4.34 Å². The smallest absolute Gasteiger partial charge is 0.320 e. The number of aliphatic carboxylic acids is 1. The van der Waals surface area contributed by atoms with Crippen LogP contribution < -0.4 is 0 Å². The second-order valence-electron chi connectivity index (χ2n) is 4.62. The van der Waals surface area contributed by atoms with E-state index >= 15 is 0 Å². The van der Waals surface area contributed by atoms with Crippen molar-refractivity contribution in [2.24, 2.45) is 5.92 Å². The average Bonchev–Trinajstić information content (AvgIpc) is 2.79. The largest absolute Gasteiger partial charge is 0.481 e. The molecule has 0 saturated carbocycles. The molecule has 1 unspecified atom stereocenters. The molecule has 1 heterocycles. The highest BCUT2D eigenvalue weighted by atomic mass is 35.5. The second kappa shape index (κ2) is 7.50. The maximum Gasteiger partial charge on any atom is 0.320 e. The Morgan fingerprint density at radius 1 is 1.45 bits per heavy atom. The van der Waals surface area contributed by atoms with Crippen molar-refractivity contribution in [1.29, 1.82) is 0 Å². The van der Waals surface area contributed by atoms with E-state index in [2.05, 4.69) is 0 Å². The summed E-state index contributed by atoms with van der Waals surface area (Å²) in [4.78, 5) is 27.2. The number of carbonyl (C=O) groups excluding carboxylic acids is 1. The molecule has 0 aromatic carbocycles. The molecule has 0 aliphatic heterocycles. The van der Waals surface area contributed by atoms with Gasteiger partial charge in [-0.15, -0.1) is 11.3 Å². The zero-order valence-corrected chi connectivity index (χ0v) is 13.4. The van der Waals surface area contributed by atoms with Crippen molar-refractivity contribution in [2.45, 2.75) is 20.4 Å². The molecule has 0 aliphatic rings. The summed E-state index contributed by atoms with van der Waals surface area (Å²) in [7, 11) is 1.70. The molecule has 1 rings (SSSR count). The van der Waals surface area contributed by atoms with Crippen LogP contribution in [0.1, 0.15) is 18.7 Å². The number of carboxylic acids is 1. The number of rotatable bonds is 6. The molecule has 0 spiro atoms. The Hall–Kier alpha value is -1.27. The molecular formula is C13H19ClN2O3S. The zero-order valence-electron chi connectivity index (χ0n) is 11.8. The van der Waals surface area contributed by atoms with Gasteiger partial charge in [0.25, 0.3) is 0 Å². The highest BCUT2D eigenvalue weighted by Gasteiger charge is 2.22. The van der Waals surface area contributed by atoms with Crippen LogP contribution in [0.25, 0.3) is 0 Å². The fourth-order valence-corrected chi connectivity index (χ4v) is 2.87. The number of urea groups is 1. The minimum atomic E-state index is -0.899. The zero-order chi connectivity index (χ0) is 15.3. The van der Waals surface area contributed by atoms with Crippen molar-refractivity contribution in [3.05, 3.63) is 21.3 Å². The predicted octanol–water partition coefficient (Wildman–Crippen LogP) is 3.00. The summed E-state index contributed by atoms with van der Waals surface area (Å²) in [6.07, 6.45) is 0. The Morgan fingerprint density at radius 2 is 2.10 bits per heavy atom. The van der Waals surface area contributed by atoms with Gasteiger partial charge in [0.05, 0.1) is 16.8 Å². The van der Waals surface area contributed by atoms with Crippen molar-refractivity contribution in [2.75, 3.05) is 20.1 Å². The van der Waals surface area contributed by atoms with Crippen molar-refractivity contribution in [3.63, 3.8) is 0 Å². The van der Waals surface area contributed by atoms with E-state index < -0.39 is 11.9 Å². The third-order valence-corrected chi connectivity index (χ3v) is 4.13. The summed E-state index contributed by atoms with van der Waals surface area (Å²) in [5, 5.41) is 8.92. The van der Waals surface area contributed by atoms with Crippen LogP contribution in [0.15, 0.2) is 12.1 Å². The van der Waals surface area contributed by atoms with E-state index in [1.54, 1.807) is 24.9 Å². The van der Waals surface area contributed by atoms with Gasteiger partial charge < -0.3 is 14.9 Å². The molecule has 112 valence electrons. The van der Waals surface area contributed by atoms with Gasteiger partial charge in [-0.1, -0.05) is 18.5 Å². The Morgan fingerprint density at radius 3 is 2.55 bits per heavy atom. The maximum atomic E-state index is 12.3. The van der Waals surface area contributed by atoms with Gasteiger partial charge in [0.1, 0.15) is 0 Å². The van der Waals surface area contributed by atoms with Crippen molar-refractivity contribution in [3.8, 4) is 0 Å². The molecule has 1 aromatic heterocycles. The molecule has 0 aliphatic carbocycles. The molecule has 1 atom stereocenters. The topological polar surface area (TPSA) is 60.9 Å². The third kappa shape index (κ3) is 4.68. The Labute approximate surface area is 127 Å². The van der Waals surface area contributed by atoms with Crippen LogP contribution in [0.5, 0.6) is 0 Å². The van der Waals surface area contributed by atoms with Crippen LogP contribution in [0, 0.1) is 5.92 Å². The van der Waals surface area contributed by atoms with Gasteiger partial charge >= 0.3 is 12.0 Å². The van der Waals surface area contributed by atoms with Crippen molar-refractivity contribution >= 4 is 34.9 Å². The van der Waals surface area contributed by atoms with E-state index in [9.17, 15) is 9.59 Å². The molecule has 1 N–H and O–H groups in total. The van der Waals surface area contributed by atoms with E-state index in [1.165, 1.54) is 16.2 Å². The summed E-state index contributed by atoms with van der Waals surface area (Å²) in [6.45, 7) is 4.58. The molecule has 20 heavy (non-hydrogen) atoms. The van der Waals surface area contributed by atoms with E-state index in [-0.39, 0.29) is 12.6 Å². The van der Waals surface area contributed by atoms with E-state index in [0.717, 1.165) is 4.88 Å². The molecule has 5 nitrogen and oxygen atoms in total. The molecule has 1 aromatic rings. The number of hydrogen-bond donors (Lipinski definition) is 1. The molecular weight excluding hydrogens is 300 g/mol. The lowest BCUT2D eigenvalue weighted by molar-refractivity contribution is -0.141. The fourth-order valence-electron chi connectivity index (χ4n) is 1.73. The molecule has 0 saturated heterocycles. The number of nitrogens with zero attached hydrogens (tertiary/aromatic N) is 2. The van der Waals surface area contributed by atoms with Gasteiger partial charge in [-0.05, 0) is 19.1 Å². The van der Waals surface area contributed by atoms with Crippen molar-refractivity contribution in [1.82, 2.24) is 9.80 Å². The average molecular weight is 319 g/mol. The lowest BCUT2D eigenvalue weighted by Gasteiger charge is -2.28. The van der Waals surface area contributed by atoms with E-state index in [0.29, 0.717) is 17.4 Å². The van der Waals surface area contributed by atoms with Crippen LogP contribution in [0.4, 0.5) is 4.79 Å². The molecule has 7 heteroatoms. The Balaban J connectivity index is 2.63. The fraction of sp³-hybridized carbons (Fsp3) is 0.538. The lowest BCUT2D eigenvalue weighted by atomic mass is 10.2. The third-order valence-electron chi connectivity index (χ3n) is 2.92. The van der Waals surface area contributed by atoms with E-state index in [1.807, 2.05) is 13.0 Å². The molecule has 0 radical (unpaired) electrons. The lowest BCUT2D eigenvalue weighted by Crippen LogP contribution is -2.43. The predicted molar refractivity (Wildman–Crippen MR) is 80.2 cm³/mol. The molecule has 2 amide bonds. The minimum absolute atomic E-state index is 0.176. The van der Waals surface area contributed by atoms with Crippen LogP contribution in [-0.2, 0) is 11.3 Å². The Bertz CT molecular complexity index is 478. The number of halogens is 1. The first-order chi connectivity index (χ1) is 9.35. The molecule has 0 bridgehead atoms. The monoisotopic (exact) mass is 318 g/mol. The molecule has 0 fully saturated rings.